The normalized spacial score (nSPS) is 20.5. The van der Waals surface area contributed by atoms with Gasteiger partial charge in [-0.15, -0.1) is 5.10 Å². The maximum atomic E-state index is 13.8. The van der Waals surface area contributed by atoms with Crippen molar-refractivity contribution < 1.29 is 33.0 Å². The van der Waals surface area contributed by atoms with Gasteiger partial charge in [-0.2, -0.15) is 14.6 Å². The first kappa shape index (κ1) is 26.4. The van der Waals surface area contributed by atoms with E-state index in [0.717, 1.165) is 12.1 Å². The van der Waals surface area contributed by atoms with Crippen LogP contribution in [0.15, 0.2) is 41.3 Å². The number of fused-ring (bicyclic) bond motifs is 1. The maximum Gasteiger partial charge on any atom is 0.256 e. The summed E-state index contributed by atoms with van der Waals surface area (Å²) in [4.78, 5) is 25.6. The molecular formula is C24H22F2N10O5. The first-order valence-corrected chi connectivity index (χ1v) is 12.3. The molecule has 1 fully saturated rings. The summed E-state index contributed by atoms with van der Waals surface area (Å²) in [6.07, 6.45) is -2.82. The fourth-order valence-electron chi connectivity index (χ4n) is 4.38. The SMILES string of the molecule is CNC(=O)[C@H]1O[C@@H](n2cnc3c(NCc4cc(C)no4)nc(-n4cc(-c5ccc(F)c(F)c5)nn4)nc32)[C@H](O)[C@@H]1O. The molecule has 17 heteroatoms. The third-order valence-electron chi connectivity index (χ3n) is 6.45. The van der Waals surface area contributed by atoms with Crippen LogP contribution in [0.2, 0.25) is 0 Å². The first-order chi connectivity index (χ1) is 19.7. The summed E-state index contributed by atoms with van der Waals surface area (Å²) in [6, 6.07) is 5.05. The van der Waals surface area contributed by atoms with Crippen LogP contribution in [-0.4, -0.2) is 81.1 Å². The molecule has 1 aromatic carbocycles. The second-order valence-electron chi connectivity index (χ2n) is 9.20. The molecule has 5 heterocycles. The number of carbonyl (C=O) groups is 1. The van der Waals surface area contributed by atoms with Crippen molar-refractivity contribution in [3.63, 3.8) is 0 Å². The number of carbonyl (C=O) groups excluding carboxylic acids is 1. The van der Waals surface area contributed by atoms with Gasteiger partial charge in [-0.1, -0.05) is 10.4 Å². The Morgan fingerprint density at radius 1 is 1.15 bits per heavy atom. The summed E-state index contributed by atoms with van der Waals surface area (Å²) in [5, 5.41) is 38.6. The molecule has 1 saturated heterocycles. The van der Waals surface area contributed by atoms with Gasteiger partial charge in [0, 0.05) is 18.7 Å². The highest BCUT2D eigenvalue weighted by Crippen LogP contribution is 2.33. The number of halogens is 2. The van der Waals surface area contributed by atoms with Crippen LogP contribution in [0.5, 0.6) is 0 Å². The zero-order valence-corrected chi connectivity index (χ0v) is 21.4. The van der Waals surface area contributed by atoms with E-state index in [1.54, 1.807) is 13.0 Å². The monoisotopic (exact) mass is 568 g/mol. The molecule has 0 bridgehead atoms. The number of nitrogens with zero attached hydrogens (tertiary/aromatic N) is 8. The van der Waals surface area contributed by atoms with Crippen molar-refractivity contribution in [3.8, 4) is 17.2 Å². The molecule has 6 rings (SSSR count). The lowest BCUT2D eigenvalue weighted by Gasteiger charge is -2.17. The number of hydrogen-bond donors (Lipinski definition) is 4. The number of aryl methyl sites for hydroxylation is 1. The number of aliphatic hydroxyl groups is 2. The van der Waals surface area contributed by atoms with Crippen molar-refractivity contribution in [2.75, 3.05) is 12.4 Å². The number of amides is 1. The average Bonchev–Trinajstić information content (AvgIpc) is 3.76. The van der Waals surface area contributed by atoms with Gasteiger partial charge in [-0.25, -0.2) is 13.8 Å². The van der Waals surface area contributed by atoms with E-state index >= 15 is 0 Å². The molecule has 4 atom stereocenters. The Kier molecular flexibility index (Phi) is 6.60. The zero-order valence-electron chi connectivity index (χ0n) is 21.4. The Bertz CT molecular complexity index is 1750. The summed E-state index contributed by atoms with van der Waals surface area (Å²) >= 11 is 0. The Morgan fingerprint density at radius 2 is 1.98 bits per heavy atom. The van der Waals surface area contributed by atoms with Crippen LogP contribution in [0.25, 0.3) is 28.4 Å². The van der Waals surface area contributed by atoms with Gasteiger partial charge in [0.2, 0.25) is 0 Å². The van der Waals surface area contributed by atoms with Gasteiger partial charge in [-0.05, 0) is 25.1 Å². The van der Waals surface area contributed by atoms with Gasteiger partial charge in [0.1, 0.15) is 17.9 Å². The number of likely N-dealkylation sites (N-methyl/N-ethyl adjacent to an activating group) is 1. The van der Waals surface area contributed by atoms with Gasteiger partial charge in [0.05, 0.1) is 24.8 Å². The third-order valence-corrected chi connectivity index (χ3v) is 6.45. The van der Waals surface area contributed by atoms with Crippen molar-refractivity contribution in [3.05, 3.63) is 59.9 Å². The molecule has 4 aromatic heterocycles. The van der Waals surface area contributed by atoms with Gasteiger partial charge in [-0.3, -0.25) is 9.36 Å². The second kappa shape index (κ2) is 10.3. The quantitative estimate of drug-likeness (QED) is 0.214. The van der Waals surface area contributed by atoms with E-state index in [1.165, 1.54) is 34.9 Å². The second-order valence-corrected chi connectivity index (χ2v) is 9.20. The zero-order chi connectivity index (χ0) is 28.8. The molecule has 1 amide bonds. The number of anilines is 1. The van der Waals surface area contributed by atoms with E-state index in [2.05, 4.69) is 41.1 Å². The van der Waals surface area contributed by atoms with Crippen LogP contribution in [0, 0.1) is 18.6 Å². The van der Waals surface area contributed by atoms with Gasteiger partial charge in [0.25, 0.3) is 11.9 Å². The molecule has 4 N–H and O–H groups in total. The predicted octanol–water partition coefficient (Wildman–Crippen LogP) is 0.626. The lowest BCUT2D eigenvalue weighted by Crippen LogP contribution is -2.41. The standard InChI is InChI=1S/C24H22F2N10O5/c1-10-5-12(41-33-10)7-28-20-16-21(35(9-29-16)23-18(38)17(37)19(40-23)22(39)27-2)31-24(30-20)36-8-15(32-34-36)11-3-4-13(25)14(26)6-11/h3-6,8-9,17-19,23,37-38H,7H2,1-2H3,(H,27,39)(H,28,30,31)/t17-,18+,19-,23+/m0/s1. The Labute approximate surface area is 228 Å². The van der Waals surface area contributed by atoms with Gasteiger partial charge < -0.3 is 30.1 Å². The van der Waals surface area contributed by atoms with E-state index in [4.69, 9.17) is 9.26 Å². The van der Waals surface area contributed by atoms with Gasteiger partial charge in [0.15, 0.2) is 46.7 Å². The topological polar surface area (TPSA) is 191 Å². The lowest BCUT2D eigenvalue weighted by molar-refractivity contribution is -0.137. The number of imidazole rings is 1. The van der Waals surface area contributed by atoms with Crippen LogP contribution >= 0.6 is 0 Å². The van der Waals surface area contributed by atoms with Gasteiger partial charge >= 0.3 is 0 Å². The highest BCUT2D eigenvalue weighted by Gasteiger charge is 2.47. The minimum absolute atomic E-state index is 0.00674. The average molecular weight is 569 g/mol. The molecule has 0 saturated carbocycles. The van der Waals surface area contributed by atoms with E-state index in [0.29, 0.717) is 11.5 Å². The molecule has 212 valence electrons. The smallest absolute Gasteiger partial charge is 0.256 e. The Hall–Kier alpha value is -4.87. The molecule has 0 unspecified atom stereocenters. The summed E-state index contributed by atoms with van der Waals surface area (Å²) in [5.41, 5.74) is 1.60. The van der Waals surface area contributed by atoms with E-state index in [9.17, 15) is 23.8 Å². The van der Waals surface area contributed by atoms with Crippen LogP contribution < -0.4 is 10.6 Å². The molecule has 41 heavy (non-hydrogen) atoms. The highest BCUT2D eigenvalue weighted by atomic mass is 19.2. The molecule has 0 spiro atoms. The molecule has 15 nitrogen and oxygen atoms in total. The van der Waals surface area contributed by atoms with Crippen LogP contribution in [0.3, 0.4) is 0 Å². The minimum atomic E-state index is -1.51. The largest absolute Gasteiger partial charge is 0.387 e. The number of benzene rings is 1. The van der Waals surface area contributed by atoms with E-state index in [1.807, 2.05) is 0 Å². The van der Waals surface area contributed by atoms with Crippen LogP contribution in [-0.2, 0) is 16.1 Å². The third kappa shape index (κ3) is 4.75. The number of nitrogens with one attached hydrogen (secondary N) is 2. The number of ether oxygens (including phenoxy) is 1. The molecule has 1 aliphatic rings. The minimum Gasteiger partial charge on any atom is -0.387 e. The van der Waals surface area contributed by atoms with Crippen LogP contribution in [0.4, 0.5) is 14.6 Å². The Balaban J connectivity index is 1.42. The van der Waals surface area contributed by atoms with Crippen molar-refractivity contribution >= 4 is 22.9 Å². The lowest BCUT2D eigenvalue weighted by atomic mass is 10.1. The Morgan fingerprint density at radius 3 is 2.71 bits per heavy atom. The number of hydrogen-bond acceptors (Lipinski definition) is 12. The predicted molar refractivity (Wildman–Crippen MR) is 134 cm³/mol. The summed E-state index contributed by atoms with van der Waals surface area (Å²) < 4.78 is 40.7. The fourth-order valence-corrected chi connectivity index (χ4v) is 4.38. The summed E-state index contributed by atoms with van der Waals surface area (Å²) in [6.45, 7) is 1.95. The fraction of sp³-hybridized carbons (Fsp3) is 0.292. The highest BCUT2D eigenvalue weighted by molar-refractivity contribution is 5.84. The molecular weight excluding hydrogens is 546 g/mol. The van der Waals surface area contributed by atoms with E-state index in [-0.39, 0.29) is 40.7 Å². The van der Waals surface area contributed by atoms with E-state index < -0.39 is 42.1 Å². The maximum absolute atomic E-state index is 13.8. The van der Waals surface area contributed by atoms with Crippen molar-refractivity contribution in [1.82, 2.24) is 45.0 Å². The van der Waals surface area contributed by atoms with Crippen molar-refractivity contribution in [2.45, 2.75) is 38.0 Å². The molecule has 0 radical (unpaired) electrons. The summed E-state index contributed by atoms with van der Waals surface area (Å²) in [5.74, 6) is -1.91. The molecule has 1 aliphatic heterocycles. The first-order valence-electron chi connectivity index (χ1n) is 12.3. The number of rotatable bonds is 7. The van der Waals surface area contributed by atoms with Crippen molar-refractivity contribution in [2.24, 2.45) is 0 Å². The molecule has 0 aliphatic carbocycles. The van der Waals surface area contributed by atoms with Crippen molar-refractivity contribution in [1.29, 1.82) is 0 Å². The number of aromatic nitrogens is 8. The number of aliphatic hydroxyl groups excluding tert-OH is 2. The summed E-state index contributed by atoms with van der Waals surface area (Å²) in [7, 11) is 1.38. The molecule has 5 aromatic rings. The van der Waals surface area contributed by atoms with Crippen LogP contribution in [0.1, 0.15) is 17.7 Å².